The lowest BCUT2D eigenvalue weighted by molar-refractivity contribution is 1.30. The van der Waals surface area contributed by atoms with Crippen LogP contribution in [0.4, 0.5) is 11.4 Å². The standard InChI is InChI=1S/C7H7N3/c1-8-6-3-4-10-5-7(6)9-2/h3-5H,1-2H2. The average Bonchev–Trinajstić information content (AvgIpc) is 2.04. The molecule has 0 radical (unpaired) electrons. The van der Waals surface area contributed by atoms with Gasteiger partial charge in [0.2, 0.25) is 0 Å². The van der Waals surface area contributed by atoms with Gasteiger partial charge < -0.3 is 0 Å². The van der Waals surface area contributed by atoms with Gasteiger partial charge >= 0.3 is 0 Å². The van der Waals surface area contributed by atoms with E-state index in [4.69, 9.17) is 0 Å². The monoisotopic (exact) mass is 133 g/mol. The van der Waals surface area contributed by atoms with Crippen molar-refractivity contribution in [3.05, 3.63) is 18.5 Å². The Morgan fingerprint density at radius 2 is 1.90 bits per heavy atom. The highest BCUT2D eigenvalue weighted by atomic mass is 14.8. The molecule has 0 aliphatic carbocycles. The molecule has 1 heterocycles. The molecule has 3 nitrogen and oxygen atoms in total. The van der Waals surface area contributed by atoms with E-state index in [-0.39, 0.29) is 0 Å². The van der Waals surface area contributed by atoms with Crippen molar-refractivity contribution in [2.45, 2.75) is 0 Å². The number of aromatic nitrogens is 1. The molecule has 3 heteroatoms. The fourth-order valence-electron chi connectivity index (χ4n) is 0.634. The van der Waals surface area contributed by atoms with Crippen LogP contribution >= 0.6 is 0 Å². The highest BCUT2D eigenvalue weighted by Crippen LogP contribution is 2.24. The van der Waals surface area contributed by atoms with Gasteiger partial charge in [-0.3, -0.25) is 15.0 Å². The van der Waals surface area contributed by atoms with E-state index in [0.29, 0.717) is 11.4 Å². The van der Waals surface area contributed by atoms with Crippen molar-refractivity contribution < 1.29 is 0 Å². The summed E-state index contributed by atoms with van der Waals surface area (Å²) in [6.07, 6.45) is 3.23. The van der Waals surface area contributed by atoms with Gasteiger partial charge in [0.15, 0.2) is 0 Å². The van der Waals surface area contributed by atoms with Crippen LogP contribution in [0.1, 0.15) is 0 Å². The first kappa shape index (κ1) is 6.61. The number of aliphatic imine (C=N–C) groups is 2. The van der Waals surface area contributed by atoms with Crippen LogP contribution in [-0.2, 0) is 0 Å². The second-order valence-corrected chi connectivity index (χ2v) is 1.68. The Balaban J connectivity index is 3.20. The molecule has 1 aromatic rings. The predicted octanol–water partition coefficient (Wildman–Crippen LogP) is 1.75. The quantitative estimate of drug-likeness (QED) is 0.566. The van der Waals surface area contributed by atoms with Crippen molar-refractivity contribution in [2.75, 3.05) is 0 Å². The highest BCUT2D eigenvalue weighted by Gasteiger charge is 1.93. The molecule has 0 aliphatic heterocycles. The van der Waals surface area contributed by atoms with Crippen molar-refractivity contribution in [1.29, 1.82) is 0 Å². The fraction of sp³-hybridized carbons (Fsp3) is 0. The molecule has 1 aromatic heterocycles. The Bertz CT molecular complexity index is 228. The maximum Gasteiger partial charge on any atom is 0.106 e. The first-order chi connectivity index (χ1) is 4.88. The van der Waals surface area contributed by atoms with Gasteiger partial charge in [-0.15, -0.1) is 0 Å². The lowest BCUT2D eigenvalue weighted by Crippen LogP contribution is -1.69. The molecule has 0 bridgehead atoms. The second-order valence-electron chi connectivity index (χ2n) is 1.68. The SMILES string of the molecule is C=Nc1ccncc1N=C. The van der Waals surface area contributed by atoms with Gasteiger partial charge in [-0.1, -0.05) is 0 Å². The van der Waals surface area contributed by atoms with Crippen LogP contribution in [-0.4, -0.2) is 18.4 Å². The molecule has 0 saturated heterocycles. The smallest absolute Gasteiger partial charge is 0.106 e. The lowest BCUT2D eigenvalue weighted by atomic mass is 10.4. The van der Waals surface area contributed by atoms with Crippen molar-refractivity contribution in [3.8, 4) is 0 Å². The van der Waals surface area contributed by atoms with Crippen LogP contribution in [0.2, 0.25) is 0 Å². The number of hydrogen-bond donors (Lipinski definition) is 0. The summed E-state index contributed by atoms with van der Waals surface area (Å²) in [4.78, 5) is 11.3. The molecule has 50 valence electrons. The largest absolute Gasteiger partial charge is 0.262 e. The number of hydrogen-bond acceptors (Lipinski definition) is 3. The fourth-order valence-corrected chi connectivity index (χ4v) is 0.634. The normalized spacial score (nSPS) is 8.80. The summed E-state index contributed by atoms with van der Waals surface area (Å²) in [6.45, 7) is 6.74. The van der Waals surface area contributed by atoms with Crippen molar-refractivity contribution >= 4 is 24.8 Å². The second kappa shape index (κ2) is 2.87. The van der Waals surface area contributed by atoms with Crippen molar-refractivity contribution in [1.82, 2.24) is 4.98 Å². The third-order valence-corrected chi connectivity index (χ3v) is 1.12. The minimum Gasteiger partial charge on any atom is -0.262 e. The first-order valence-corrected chi connectivity index (χ1v) is 2.76. The van der Waals surface area contributed by atoms with Gasteiger partial charge in [-0.05, 0) is 19.5 Å². The third-order valence-electron chi connectivity index (χ3n) is 1.12. The number of pyridine rings is 1. The summed E-state index contributed by atoms with van der Waals surface area (Å²) in [6, 6.07) is 1.73. The zero-order valence-corrected chi connectivity index (χ0v) is 5.49. The van der Waals surface area contributed by atoms with E-state index >= 15 is 0 Å². The minimum atomic E-state index is 0.664. The number of nitrogens with zero attached hydrogens (tertiary/aromatic N) is 3. The molecule has 0 fully saturated rings. The van der Waals surface area contributed by atoms with E-state index in [1.54, 1.807) is 18.5 Å². The van der Waals surface area contributed by atoms with Gasteiger partial charge in [0.25, 0.3) is 0 Å². The van der Waals surface area contributed by atoms with Gasteiger partial charge in [-0.2, -0.15) is 0 Å². The minimum absolute atomic E-state index is 0.664. The van der Waals surface area contributed by atoms with Gasteiger partial charge in [-0.25, -0.2) is 0 Å². The van der Waals surface area contributed by atoms with E-state index in [1.165, 1.54) is 0 Å². The zero-order valence-electron chi connectivity index (χ0n) is 5.49. The van der Waals surface area contributed by atoms with E-state index in [2.05, 4.69) is 28.4 Å². The number of rotatable bonds is 2. The van der Waals surface area contributed by atoms with Crippen LogP contribution in [0, 0.1) is 0 Å². The molecule has 0 atom stereocenters. The van der Waals surface area contributed by atoms with Crippen LogP contribution in [0.5, 0.6) is 0 Å². The first-order valence-electron chi connectivity index (χ1n) is 2.76. The summed E-state index contributed by atoms with van der Waals surface area (Å²) in [5.41, 5.74) is 1.38. The van der Waals surface area contributed by atoms with Crippen LogP contribution in [0.15, 0.2) is 28.4 Å². The topological polar surface area (TPSA) is 37.6 Å². The maximum absolute atomic E-state index is 3.84. The summed E-state index contributed by atoms with van der Waals surface area (Å²) in [5.74, 6) is 0. The van der Waals surface area contributed by atoms with E-state index in [1.807, 2.05) is 0 Å². The van der Waals surface area contributed by atoms with E-state index < -0.39 is 0 Å². The summed E-state index contributed by atoms with van der Waals surface area (Å²) in [5, 5.41) is 0. The molecule has 10 heavy (non-hydrogen) atoms. The predicted molar refractivity (Wildman–Crippen MR) is 42.7 cm³/mol. The molecule has 0 unspecified atom stereocenters. The molecule has 0 amide bonds. The van der Waals surface area contributed by atoms with Gasteiger partial charge in [0.05, 0.1) is 11.9 Å². The molecule has 0 saturated carbocycles. The maximum atomic E-state index is 3.84. The van der Waals surface area contributed by atoms with Crippen molar-refractivity contribution in [2.24, 2.45) is 9.98 Å². The average molecular weight is 133 g/mol. The van der Waals surface area contributed by atoms with Crippen molar-refractivity contribution in [3.63, 3.8) is 0 Å². The van der Waals surface area contributed by atoms with E-state index in [9.17, 15) is 0 Å². The zero-order chi connectivity index (χ0) is 7.40. The third kappa shape index (κ3) is 1.07. The summed E-state index contributed by atoms with van der Waals surface area (Å²) < 4.78 is 0. The Kier molecular flexibility index (Phi) is 1.89. The van der Waals surface area contributed by atoms with Crippen LogP contribution < -0.4 is 0 Å². The Morgan fingerprint density at radius 3 is 2.40 bits per heavy atom. The molecule has 0 N–H and O–H groups in total. The molecule has 1 rings (SSSR count). The van der Waals surface area contributed by atoms with Crippen LogP contribution in [0.25, 0.3) is 0 Å². The van der Waals surface area contributed by atoms with Crippen LogP contribution in [0.3, 0.4) is 0 Å². The molecule has 0 aromatic carbocycles. The highest BCUT2D eigenvalue weighted by molar-refractivity contribution is 5.64. The summed E-state index contributed by atoms with van der Waals surface area (Å²) in [7, 11) is 0. The molecule has 0 spiro atoms. The molecular weight excluding hydrogens is 126 g/mol. The van der Waals surface area contributed by atoms with Gasteiger partial charge in [0, 0.05) is 6.20 Å². The molecular formula is C7H7N3. The Labute approximate surface area is 59.2 Å². The molecule has 0 aliphatic rings. The Hall–Kier alpha value is -1.51. The summed E-state index contributed by atoms with van der Waals surface area (Å²) >= 11 is 0. The van der Waals surface area contributed by atoms with E-state index in [0.717, 1.165) is 0 Å². The Morgan fingerprint density at radius 1 is 1.20 bits per heavy atom. The van der Waals surface area contributed by atoms with Gasteiger partial charge in [0.1, 0.15) is 5.69 Å². The lowest BCUT2D eigenvalue weighted by Gasteiger charge is -1.94.